The summed E-state index contributed by atoms with van der Waals surface area (Å²) in [6, 6.07) is 0.0614. The van der Waals surface area contributed by atoms with Gasteiger partial charge in [-0.15, -0.1) is 0 Å². The first-order valence-corrected chi connectivity index (χ1v) is 6.08. The summed E-state index contributed by atoms with van der Waals surface area (Å²) < 4.78 is 0. The predicted molar refractivity (Wildman–Crippen MR) is 69.6 cm³/mol. The van der Waals surface area contributed by atoms with Crippen LogP contribution in [0.25, 0.3) is 0 Å². The summed E-state index contributed by atoms with van der Waals surface area (Å²) in [6.07, 6.45) is 2.19. The van der Waals surface area contributed by atoms with E-state index in [4.69, 9.17) is 0 Å². The second-order valence-corrected chi connectivity index (χ2v) is 4.54. The van der Waals surface area contributed by atoms with E-state index in [0.29, 0.717) is 12.0 Å². The second-order valence-electron chi connectivity index (χ2n) is 4.54. The van der Waals surface area contributed by atoms with Crippen LogP contribution in [0.5, 0.6) is 0 Å². The summed E-state index contributed by atoms with van der Waals surface area (Å²) in [5, 5.41) is 4.97. The van der Waals surface area contributed by atoms with Gasteiger partial charge in [-0.05, 0) is 27.2 Å². The highest BCUT2D eigenvalue weighted by molar-refractivity contribution is 6.03. The Labute approximate surface area is 108 Å². The van der Waals surface area contributed by atoms with Gasteiger partial charge in [-0.2, -0.15) is 0 Å². The summed E-state index contributed by atoms with van der Waals surface area (Å²) in [5.41, 5.74) is 0.371. The maximum atomic E-state index is 11.8. The highest BCUT2D eigenvalue weighted by atomic mass is 16.2. The van der Waals surface area contributed by atoms with Crippen LogP contribution in [0, 0.1) is 5.92 Å². The van der Waals surface area contributed by atoms with Crippen molar-refractivity contribution in [1.82, 2.24) is 10.6 Å². The molecule has 0 spiro atoms. The Kier molecular flexibility index (Phi) is 6.93. The number of hydrogen-bond donors (Lipinski definition) is 2. The maximum absolute atomic E-state index is 11.8. The molecular formula is C13H22N2O3. The van der Waals surface area contributed by atoms with E-state index in [1.54, 1.807) is 13.0 Å². The van der Waals surface area contributed by atoms with Gasteiger partial charge in [0.2, 0.25) is 11.8 Å². The van der Waals surface area contributed by atoms with Crippen LogP contribution in [0.15, 0.2) is 11.6 Å². The lowest BCUT2D eigenvalue weighted by Gasteiger charge is -2.14. The Morgan fingerprint density at radius 1 is 1.17 bits per heavy atom. The van der Waals surface area contributed by atoms with Crippen LogP contribution in [-0.2, 0) is 14.4 Å². The number of carbonyl (C=O) groups excluding carboxylic acids is 3. The van der Waals surface area contributed by atoms with E-state index >= 15 is 0 Å². The lowest BCUT2D eigenvalue weighted by atomic mass is 10.0. The van der Waals surface area contributed by atoms with Gasteiger partial charge >= 0.3 is 0 Å². The van der Waals surface area contributed by atoms with E-state index in [0.717, 1.165) is 0 Å². The van der Waals surface area contributed by atoms with Gasteiger partial charge in [-0.3, -0.25) is 19.7 Å². The molecule has 0 heterocycles. The van der Waals surface area contributed by atoms with Gasteiger partial charge in [-0.25, -0.2) is 0 Å². The van der Waals surface area contributed by atoms with Crippen molar-refractivity contribution in [2.24, 2.45) is 5.92 Å². The van der Waals surface area contributed by atoms with Gasteiger partial charge in [0.25, 0.3) is 5.91 Å². The van der Waals surface area contributed by atoms with Gasteiger partial charge in [0.15, 0.2) is 0 Å². The lowest BCUT2D eigenvalue weighted by Crippen LogP contribution is -2.35. The van der Waals surface area contributed by atoms with Gasteiger partial charge in [0.1, 0.15) is 0 Å². The summed E-state index contributed by atoms with van der Waals surface area (Å²) in [7, 11) is 0. The molecule has 0 aromatic carbocycles. The minimum absolute atomic E-state index is 0.0614. The van der Waals surface area contributed by atoms with Gasteiger partial charge < -0.3 is 5.32 Å². The van der Waals surface area contributed by atoms with Crippen LogP contribution in [0.2, 0.25) is 0 Å². The average molecular weight is 254 g/mol. The van der Waals surface area contributed by atoms with Crippen LogP contribution >= 0.6 is 0 Å². The Morgan fingerprint density at radius 3 is 2.11 bits per heavy atom. The topological polar surface area (TPSA) is 75.3 Å². The number of imide groups is 1. The van der Waals surface area contributed by atoms with Crippen molar-refractivity contribution in [2.75, 3.05) is 0 Å². The van der Waals surface area contributed by atoms with Crippen molar-refractivity contribution in [1.29, 1.82) is 0 Å². The van der Waals surface area contributed by atoms with Crippen LogP contribution in [0.3, 0.4) is 0 Å². The average Bonchev–Trinajstić information content (AvgIpc) is 2.23. The highest BCUT2D eigenvalue weighted by Crippen LogP contribution is 2.09. The first-order valence-electron chi connectivity index (χ1n) is 6.08. The van der Waals surface area contributed by atoms with Crippen LogP contribution in [0.1, 0.15) is 41.0 Å². The third kappa shape index (κ3) is 6.18. The molecule has 2 N–H and O–H groups in total. The summed E-state index contributed by atoms with van der Waals surface area (Å²) in [4.78, 5) is 34.1. The van der Waals surface area contributed by atoms with Crippen LogP contribution in [-0.4, -0.2) is 23.8 Å². The first kappa shape index (κ1) is 16.4. The quantitative estimate of drug-likeness (QED) is 0.723. The fourth-order valence-electron chi connectivity index (χ4n) is 1.41. The van der Waals surface area contributed by atoms with E-state index in [9.17, 15) is 14.4 Å². The normalized spacial score (nSPS) is 13.1. The molecule has 0 fully saturated rings. The molecule has 5 nitrogen and oxygen atoms in total. The first-order chi connectivity index (χ1) is 8.27. The molecule has 1 unspecified atom stereocenters. The second kappa shape index (κ2) is 7.63. The van der Waals surface area contributed by atoms with E-state index in [1.165, 1.54) is 6.92 Å². The molecule has 102 valence electrons. The van der Waals surface area contributed by atoms with Crippen molar-refractivity contribution < 1.29 is 14.4 Å². The van der Waals surface area contributed by atoms with Crippen molar-refractivity contribution in [2.45, 2.75) is 47.1 Å². The molecule has 0 aliphatic carbocycles. The molecule has 3 amide bonds. The number of rotatable bonds is 5. The standard InChI is InChI=1S/C13H22N2O3/c1-6-11(13(18)14-8(2)3)7-9(4)12(17)15-10(5)16/h7-8,11H,6H2,1-5H3,(H,14,18)(H,15,16,17). The summed E-state index contributed by atoms with van der Waals surface area (Å²) >= 11 is 0. The Bertz CT molecular complexity index is 359. The summed E-state index contributed by atoms with van der Waals surface area (Å²) in [5.74, 6) is -1.33. The molecule has 0 aromatic heterocycles. The van der Waals surface area contributed by atoms with Crippen LogP contribution < -0.4 is 10.6 Å². The smallest absolute Gasteiger partial charge is 0.253 e. The van der Waals surface area contributed by atoms with Crippen molar-refractivity contribution >= 4 is 17.7 Å². The number of amides is 3. The van der Waals surface area contributed by atoms with E-state index in [-0.39, 0.29) is 17.9 Å². The minimum atomic E-state index is -0.460. The molecule has 0 saturated heterocycles. The molecule has 0 rings (SSSR count). The molecule has 0 radical (unpaired) electrons. The molecule has 0 aliphatic heterocycles. The van der Waals surface area contributed by atoms with Gasteiger partial charge in [0.05, 0.1) is 5.92 Å². The Hall–Kier alpha value is -1.65. The number of carbonyl (C=O) groups is 3. The monoisotopic (exact) mass is 254 g/mol. The molecule has 0 aliphatic rings. The van der Waals surface area contributed by atoms with Crippen LogP contribution in [0.4, 0.5) is 0 Å². The largest absolute Gasteiger partial charge is 0.353 e. The molecule has 5 heteroatoms. The SMILES string of the molecule is CCC(C=C(C)C(=O)NC(C)=O)C(=O)NC(C)C. The molecule has 1 atom stereocenters. The summed E-state index contributed by atoms with van der Waals surface area (Å²) in [6.45, 7) is 8.49. The zero-order valence-corrected chi connectivity index (χ0v) is 11.7. The van der Waals surface area contributed by atoms with E-state index < -0.39 is 11.8 Å². The van der Waals surface area contributed by atoms with E-state index in [2.05, 4.69) is 10.6 Å². The Balaban J connectivity index is 4.72. The van der Waals surface area contributed by atoms with Crippen molar-refractivity contribution in [3.05, 3.63) is 11.6 Å². The van der Waals surface area contributed by atoms with Gasteiger partial charge in [0, 0.05) is 18.5 Å². The van der Waals surface area contributed by atoms with Gasteiger partial charge in [-0.1, -0.05) is 13.0 Å². The number of nitrogens with one attached hydrogen (secondary N) is 2. The maximum Gasteiger partial charge on any atom is 0.253 e. The molecule has 18 heavy (non-hydrogen) atoms. The Morgan fingerprint density at radius 2 is 1.72 bits per heavy atom. The molecular weight excluding hydrogens is 232 g/mol. The van der Waals surface area contributed by atoms with Crippen molar-refractivity contribution in [3.63, 3.8) is 0 Å². The van der Waals surface area contributed by atoms with E-state index in [1.807, 2.05) is 20.8 Å². The fourth-order valence-corrected chi connectivity index (χ4v) is 1.41. The highest BCUT2D eigenvalue weighted by Gasteiger charge is 2.16. The van der Waals surface area contributed by atoms with Crippen molar-refractivity contribution in [3.8, 4) is 0 Å². The minimum Gasteiger partial charge on any atom is -0.353 e. The fraction of sp³-hybridized carbons (Fsp3) is 0.615. The zero-order chi connectivity index (χ0) is 14.3. The molecule has 0 saturated carbocycles. The zero-order valence-electron chi connectivity index (χ0n) is 11.7. The third-order valence-corrected chi connectivity index (χ3v) is 2.31. The third-order valence-electron chi connectivity index (χ3n) is 2.31. The predicted octanol–water partition coefficient (Wildman–Crippen LogP) is 1.15. The number of hydrogen-bond acceptors (Lipinski definition) is 3. The lowest BCUT2D eigenvalue weighted by molar-refractivity contribution is -0.127. The molecule has 0 aromatic rings. The molecule has 0 bridgehead atoms.